The Hall–Kier alpha value is -4.75. The van der Waals surface area contributed by atoms with E-state index in [-0.39, 0.29) is 36.2 Å². The Morgan fingerprint density at radius 3 is 2.52 bits per heavy atom. The summed E-state index contributed by atoms with van der Waals surface area (Å²) in [6.45, 7) is 8.65. The number of likely N-dealkylation sites (N-methyl/N-ethyl adjacent to an activating group) is 1. The molecule has 1 saturated heterocycles. The lowest BCUT2D eigenvalue weighted by Crippen LogP contribution is -2.45. The highest BCUT2D eigenvalue weighted by Crippen LogP contribution is 2.38. The second-order valence-electron chi connectivity index (χ2n) is 13.1. The molecule has 0 unspecified atom stereocenters. The number of amides is 1. The zero-order valence-corrected chi connectivity index (χ0v) is 28.2. The smallest absolute Gasteiger partial charge is 0.416 e. The molecule has 9 nitrogen and oxygen atoms in total. The molecule has 2 aliphatic heterocycles. The number of fused-ring (bicyclic) bond motifs is 2. The van der Waals surface area contributed by atoms with E-state index in [1.54, 1.807) is 40.0 Å². The minimum absolute atomic E-state index is 0.0184. The maximum Gasteiger partial charge on any atom is 0.416 e. The van der Waals surface area contributed by atoms with Gasteiger partial charge in [-0.3, -0.25) is 14.4 Å². The van der Waals surface area contributed by atoms with Gasteiger partial charge in [-0.1, -0.05) is 25.1 Å². The lowest BCUT2D eigenvalue weighted by atomic mass is 9.92. The predicted molar refractivity (Wildman–Crippen MR) is 181 cm³/mol. The van der Waals surface area contributed by atoms with Crippen molar-refractivity contribution in [3.05, 3.63) is 94.7 Å². The van der Waals surface area contributed by atoms with Crippen molar-refractivity contribution in [2.45, 2.75) is 45.5 Å². The van der Waals surface area contributed by atoms with E-state index in [2.05, 4.69) is 31.8 Å². The van der Waals surface area contributed by atoms with Crippen molar-refractivity contribution >= 4 is 16.9 Å². The normalized spacial score (nSPS) is 17.3. The van der Waals surface area contributed by atoms with Crippen LogP contribution in [-0.2, 0) is 37.4 Å². The average molecular weight is 690 g/mol. The molecule has 2 aliphatic rings. The number of carbonyl (C=O) groups excluding carboxylic acids is 1. The van der Waals surface area contributed by atoms with Crippen molar-refractivity contribution in [1.29, 1.82) is 0 Å². The molecule has 0 bridgehead atoms. The Morgan fingerprint density at radius 1 is 1.02 bits per heavy atom. The van der Waals surface area contributed by atoms with E-state index in [0.717, 1.165) is 48.6 Å². The van der Waals surface area contributed by atoms with E-state index < -0.39 is 17.6 Å². The van der Waals surface area contributed by atoms with Crippen molar-refractivity contribution in [2.24, 2.45) is 7.05 Å². The van der Waals surface area contributed by atoms with Crippen LogP contribution in [0.5, 0.6) is 11.5 Å². The molecule has 0 saturated carbocycles. The molecule has 2 aromatic carbocycles. The fourth-order valence-electron chi connectivity index (χ4n) is 7.08. The molecule has 0 spiro atoms. The quantitative estimate of drug-likeness (QED) is 0.182. The number of H-pyrrole nitrogens is 1. The van der Waals surface area contributed by atoms with E-state index >= 15 is 4.39 Å². The van der Waals surface area contributed by atoms with Crippen molar-refractivity contribution < 1.29 is 27.1 Å². The van der Waals surface area contributed by atoms with Crippen LogP contribution in [0.25, 0.3) is 22.3 Å². The molecule has 0 radical (unpaired) electrons. The molecule has 262 valence electrons. The second kappa shape index (κ2) is 13.5. The number of rotatable bonds is 8. The number of piperazine rings is 1. The van der Waals surface area contributed by atoms with E-state index in [0.29, 0.717) is 54.1 Å². The monoisotopic (exact) mass is 689 g/mol. The number of aromatic amines is 1. The summed E-state index contributed by atoms with van der Waals surface area (Å²) >= 11 is 0. The van der Waals surface area contributed by atoms with Crippen LogP contribution in [0.4, 0.5) is 17.6 Å². The number of aromatic nitrogens is 4. The zero-order valence-electron chi connectivity index (χ0n) is 28.2. The molecule has 0 aliphatic carbocycles. The van der Waals surface area contributed by atoms with Crippen LogP contribution in [0.1, 0.15) is 47.7 Å². The Morgan fingerprint density at radius 2 is 1.80 bits per heavy atom. The van der Waals surface area contributed by atoms with Gasteiger partial charge in [0.05, 0.1) is 41.5 Å². The van der Waals surface area contributed by atoms with Crippen molar-refractivity contribution in [2.75, 3.05) is 39.3 Å². The summed E-state index contributed by atoms with van der Waals surface area (Å²) in [7, 11) is 1.81. The van der Waals surface area contributed by atoms with Gasteiger partial charge < -0.3 is 19.5 Å². The first-order valence-corrected chi connectivity index (χ1v) is 16.9. The summed E-state index contributed by atoms with van der Waals surface area (Å²) in [5.41, 5.74) is 3.72. The number of pyridine rings is 1. The number of aryl methyl sites for hydroxylation is 1. The third kappa shape index (κ3) is 6.84. The van der Waals surface area contributed by atoms with E-state index in [9.17, 15) is 18.0 Å². The van der Waals surface area contributed by atoms with Crippen LogP contribution in [0.2, 0.25) is 0 Å². The summed E-state index contributed by atoms with van der Waals surface area (Å²) in [4.78, 5) is 27.0. The second-order valence-corrected chi connectivity index (χ2v) is 13.1. The van der Waals surface area contributed by atoms with Crippen LogP contribution < -0.4 is 4.74 Å². The van der Waals surface area contributed by atoms with Gasteiger partial charge >= 0.3 is 6.18 Å². The highest BCUT2D eigenvalue weighted by molar-refractivity contribution is 5.88. The molecule has 1 atom stereocenters. The summed E-state index contributed by atoms with van der Waals surface area (Å²) in [5.74, 6) is -0.477. The number of halogens is 4. The SMILES string of the molecule is CCN1CCN(Cc2ccc(CC(=O)N3CCc4ccc(Oc5c(F)cnc6[nH]c(-c7cnn(C)c7)cc56)cc4[C@@H]3C)cc2C(F)(F)F)CC1. The zero-order chi connectivity index (χ0) is 35.2. The van der Waals surface area contributed by atoms with Gasteiger partial charge in [-0.25, -0.2) is 9.37 Å². The minimum Gasteiger partial charge on any atom is -0.453 e. The molecule has 5 aromatic rings. The lowest BCUT2D eigenvalue weighted by molar-refractivity contribution is -0.139. The van der Waals surface area contributed by atoms with Gasteiger partial charge in [0.15, 0.2) is 11.6 Å². The number of alkyl halides is 3. The summed E-state index contributed by atoms with van der Waals surface area (Å²) < 4.78 is 65.7. The first-order chi connectivity index (χ1) is 24.0. The van der Waals surface area contributed by atoms with Crippen molar-refractivity contribution in [1.82, 2.24) is 34.4 Å². The number of carbonyl (C=O) groups is 1. The van der Waals surface area contributed by atoms with Gasteiger partial charge in [0.2, 0.25) is 5.91 Å². The van der Waals surface area contributed by atoms with Crippen LogP contribution in [0.3, 0.4) is 0 Å². The van der Waals surface area contributed by atoms with Crippen molar-refractivity contribution in [3.8, 4) is 22.8 Å². The van der Waals surface area contributed by atoms with Crippen LogP contribution in [0.15, 0.2) is 61.1 Å². The van der Waals surface area contributed by atoms with Crippen LogP contribution in [0, 0.1) is 5.82 Å². The number of nitrogens with one attached hydrogen (secondary N) is 1. The summed E-state index contributed by atoms with van der Waals surface area (Å²) in [5, 5.41) is 4.66. The van der Waals surface area contributed by atoms with Gasteiger partial charge in [-0.05, 0) is 66.4 Å². The molecule has 13 heteroatoms. The highest BCUT2D eigenvalue weighted by Gasteiger charge is 2.35. The maximum atomic E-state index is 15.1. The lowest BCUT2D eigenvalue weighted by Gasteiger charge is -2.36. The minimum atomic E-state index is -4.53. The maximum absolute atomic E-state index is 15.1. The van der Waals surface area contributed by atoms with Gasteiger partial charge in [0.1, 0.15) is 11.4 Å². The average Bonchev–Trinajstić information content (AvgIpc) is 3.73. The fourth-order valence-corrected chi connectivity index (χ4v) is 7.08. The van der Waals surface area contributed by atoms with Crippen molar-refractivity contribution in [3.63, 3.8) is 0 Å². The van der Waals surface area contributed by atoms with Crippen LogP contribution in [-0.4, -0.2) is 79.6 Å². The topological polar surface area (TPSA) is 82.5 Å². The highest BCUT2D eigenvalue weighted by atomic mass is 19.4. The standard InChI is InChI=1S/C37H39F4N7O2/c1-4-46-11-13-47(14-12-46)22-26-6-5-24(15-31(26)37(39,40)41)16-34(49)48-10-9-25-7-8-28(17-29(25)23(48)2)50-35-30-18-33(27-19-43-45(3)21-27)44-36(30)42-20-32(35)38/h5-8,15,17-21,23H,4,9-14,16,22H2,1-3H3,(H,42,44)/t23-/m0/s1. The summed E-state index contributed by atoms with van der Waals surface area (Å²) in [6.07, 6.45) is 0.520. The number of hydrogen-bond acceptors (Lipinski definition) is 6. The Kier molecular flexibility index (Phi) is 9.12. The number of nitrogens with zero attached hydrogens (tertiary/aromatic N) is 6. The van der Waals surface area contributed by atoms with Gasteiger partial charge in [-0.15, -0.1) is 0 Å². The van der Waals surface area contributed by atoms with Crippen LogP contribution >= 0.6 is 0 Å². The number of ether oxygens (including phenoxy) is 1. The van der Waals surface area contributed by atoms with Gasteiger partial charge in [0, 0.05) is 58.1 Å². The number of hydrogen-bond donors (Lipinski definition) is 1. The van der Waals surface area contributed by atoms with Gasteiger partial charge in [0.25, 0.3) is 0 Å². The first kappa shape index (κ1) is 33.7. The van der Waals surface area contributed by atoms with E-state index in [1.165, 1.54) is 6.07 Å². The Labute approximate surface area is 287 Å². The molecular formula is C37H39F4N7O2. The number of benzene rings is 2. The molecule has 7 rings (SSSR count). The molecular weight excluding hydrogens is 650 g/mol. The fraction of sp³-hybridized carbons (Fsp3) is 0.378. The molecule has 1 amide bonds. The largest absolute Gasteiger partial charge is 0.453 e. The Balaban J connectivity index is 1.08. The van der Waals surface area contributed by atoms with E-state index in [4.69, 9.17) is 4.74 Å². The van der Waals surface area contributed by atoms with Gasteiger partial charge in [-0.2, -0.15) is 18.3 Å². The first-order valence-electron chi connectivity index (χ1n) is 16.9. The molecule has 3 aromatic heterocycles. The Bertz CT molecular complexity index is 2030. The molecule has 50 heavy (non-hydrogen) atoms. The third-order valence-corrected chi connectivity index (χ3v) is 9.92. The van der Waals surface area contributed by atoms with E-state index in [1.807, 2.05) is 26.2 Å². The predicted octanol–water partition coefficient (Wildman–Crippen LogP) is 6.74. The molecule has 1 N–H and O–H groups in total. The third-order valence-electron chi connectivity index (χ3n) is 9.92. The molecule has 1 fully saturated rings. The molecule has 5 heterocycles. The summed E-state index contributed by atoms with van der Waals surface area (Å²) in [6, 6.07) is 11.2.